The SMILES string of the molecule is Nc1ccccc1OCCS(=O)(=O)Nc1ccc(F)cn1. The Morgan fingerprint density at radius 1 is 1.24 bits per heavy atom. The standard InChI is InChI=1S/C13H14FN3O3S/c14-10-5-6-13(16-9-10)17-21(18,19)8-7-20-12-4-2-1-3-11(12)15/h1-6,9H,7-8,15H2,(H,16,17). The molecule has 0 aliphatic carbocycles. The molecule has 3 N–H and O–H groups in total. The van der Waals surface area contributed by atoms with Gasteiger partial charge in [-0.25, -0.2) is 17.8 Å². The summed E-state index contributed by atoms with van der Waals surface area (Å²) < 4.78 is 43.8. The van der Waals surface area contributed by atoms with E-state index in [1.807, 2.05) is 0 Å². The van der Waals surface area contributed by atoms with Gasteiger partial charge in [0.2, 0.25) is 10.0 Å². The van der Waals surface area contributed by atoms with E-state index in [1.54, 1.807) is 24.3 Å². The number of nitrogen functional groups attached to an aromatic ring is 1. The Morgan fingerprint density at radius 2 is 2.00 bits per heavy atom. The molecular weight excluding hydrogens is 297 g/mol. The van der Waals surface area contributed by atoms with E-state index in [9.17, 15) is 12.8 Å². The molecule has 0 aliphatic heterocycles. The molecule has 2 aromatic rings. The predicted molar refractivity (Wildman–Crippen MR) is 78.0 cm³/mol. The van der Waals surface area contributed by atoms with Crippen molar-refractivity contribution in [3.05, 3.63) is 48.4 Å². The van der Waals surface area contributed by atoms with Crippen LogP contribution >= 0.6 is 0 Å². The quantitative estimate of drug-likeness (QED) is 0.791. The number of halogens is 1. The number of anilines is 2. The van der Waals surface area contributed by atoms with Crippen LogP contribution in [0.2, 0.25) is 0 Å². The highest BCUT2D eigenvalue weighted by molar-refractivity contribution is 7.92. The average molecular weight is 311 g/mol. The molecule has 112 valence electrons. The van der Waals surface area contributed by atoms with Crippen LogP contribution in [0.15, 0.2) is 42.6 Å². The van der Waals surface area contributed by atoms with Crippen LogP contribution in [0, 0.1) is 5.82 Å². The molecule has 1 heterocycles. The third kappa shape index (κ3) is 4.60. The van der Waals surface area contributed by atoms with Gasteiger partial charge in [0, 0.05) is 0 Å². The van der Waals surface area contributed by atoms with E-state index in [-0.39, 0.29) is 18.2 Å². The minimum Gasteiger partial charge on any atom is -0.490 e. The van der Waals surface area contributed by atoms with Gasteiger partial charge < -0.3 is 10.5 Å². The summed E-state index contributed by atoms with van der Waals surface area (Å²) in [6.45, 7) is -0.0647. The minimum absolute atomic E-state index is 0.0515. The number of ether oxygens (including phenoxy) is 1. The highest BCUT2D eigenvalue weighted by atomic mass is 32.2. The molecule has 0 saturated carbocycles. The van der Waals surface area contributed by atoms with Gasteiger partial charge in [-0.1, -0.05) is 12.1 Å². The van der Waals surface area contributed by atoms with Gasteiger partial charge >= 0.3 is 0 Å². The van der Waals surface area contributed by atoms with Crippen LogP contribution in [0.25, 0.3) is 0 Å². The first kappa shape index (κ1) is 15.0. The van der Waals surface area contributed by atoms with E-state index in [4.69, 9.17) is 10.5 Å². The van der Waals surface area contributed by atoms with Crippen LogP contribution in [0.1, 0.15) is 0 Å². The number of hydrogen-bond donors (Lipinski definition) is 2. The molecule has 6 nitrogen and oxygen atoms in total. The zero-order valence-corrected chi connectivity index (χ0v) is 11.8. The number of hydrogen-bond acceptors (Lipinski definition) is 5. The maximum absolute atomic E-state index is 12.7. The third-order valence-corrected chi connectivity index (χ3v) is 3.74. The lowest BCUT2D eigenvalue weighted by Crippen LogP contribution is -2.22. The Bertz CT molecular complexity index is 705. The average Bonchev–Trinajstić information content (AvgIpc) is 2.43. The van der Waals surface area contributed by atoms with Crippen LogP contribution < -0.4 is 15.2 Å². The molecule has 0 aliphatic rings. The molecule has 1 aromatic heterocycles. The van der Waals surface area contributed by atoms with Crippen molar-refractivity contribution in [2.24, 2.45) is 0 Å². The molecule has 8 heteroatoms. The summed E-state index contributed by atoms with van der Waals surface area (Å²) in [5.74, 6) is -0.343. The van der Waals surface area contributed by atoms with E-state index in [0.29, 0.717) is 11.4 Å². The van der Waals surface area contributed by atoms with E-state index in [2.05, 4.69) is 9.71 Å². The summed E-state index contributed by atoms with van der Waals surface area (Å²) in [5.41, 5.74) is 6.11. The summed E-state index contributed by atoms with van der Waals surface area (Å²) in [4.78, 5) is 3.62. The van der Waals surface area contributed by atoms with Crippen molar-refractivity contribution in [3.8, 4) is 5.75 Å². The lowest BCUT2D eigenvalue weighted by molar-refractivity contribution is 0.343. The summed E-state index contributed by atoms with van der Waals surface area (Å²) in [6.07, 6.45) is 0.930. The number of nitrogens with two attached hydrogens (primary N) is 1. The Kier molecular flexibility index (Phi) is 4.59. The molecule has 0 unspecified atom stereocenters. The molecule has 2 rings (SSSR count). The van der Waals surface area contributed by atoms with Crippen molar-refractivity contribution < 1.29 is 17.5 Å². The van der Waals surface area contributed by atoms with E-state index < -0.39 is 15.8 Å². The molecule has 0 fully saturated rings. The summed E-state index contributed by atoms with van der Waals surface area (Å²) >= 11 is 0. The van der Waals surface area contributed by atoms with Gasteiger partial charge in [-0.3, -0.25) is 4.72 Å². The van der Waals surface area contributed by atoms with Crippen molar-refractivity contribution in [2.45, 2.75) is 0 Å². The van der Waals surface area contributed by atoms with Crippen molar-refractivity contribution in [3.63, 3.8) is 0 Å². The number of benzene rings is 1. The van der Waals surface area contributed by atoms with Crippen molar-refractivity contribution in [2.75, 3.05) is 22.8 Å². The van der Waals surface area contributed by atoms with E-state index in [1.165, 1.54) is 6.07 Å². The molecule has 0 radical (unpaired) electrons. The number of sulfonamides is 1. The smallest absolute Gasteiger partial charge is 0.237 e. The first-order chi connectivity index (χ1) is 9.96. The second-order valence-corrected chi connectivity index (χ2v) is 6.01. The van der Waals surface area contributed by atoms with Crippen LogP contribution in [-0.4, -0.2) is 25.8 Å². The van der Waals surface area contributed by atoms with Crippen LogP contribution in [0.4, 0.5) is 15.9 Å². The predicted octanol–water partition coefficient (Wildman–Crippen LogP) is 1.62. The number of nitrogens with zero attached hydrogens (tertiary/aromatic N) is 1. The summed E-state index contributed by atoms with van der Waals surface area (Å²) in [5, 5.41) is 0. The van der Waals surface area contributed by atoms with Gasteiger partial charge in [0.1, 0.15) is 29.7 Å². The molecule has 0 amide bonds. The maximum Gasteiger partial charge on any atom is 0.237 e. The lowest BCUT2D eigenvalue weighted by Gasteiger charge is -2.10. The molecule has 0 atom stereocenters. The number of rotatable bonds is 6. The first-order valence-corrected chi connectivity index (χ1v) is 7.71. The van der Waals surface area contributed by atoms with Gasteiger partial charge in [0.05, 0.1) is 11.9 Å². The van der Waals surface area contributed by atoms with Crippen LogP contribution in [0.3, 0.4) is 0 Å². The molecule has 0 saturated heterocycles. The van der Waals surface area contributed by atoms with Gasteiger partial charge in [-0.15, -0.1) is 0 Å². The normalized spacial score (nSPS) is 11.1. The van der Waals surface area contributed by atoms with Gasteiger partial charge in [0.25, 0.3) is 0 Å². The van der Waals surface area contributed by atoms with Crippen molar-refractivity contribution in [1.29, 1.82) is 0 Å². The fraction of sp³-hybridized carbons (Fsp3) is 0.154. The molecule has 0 spiro atoms. The molecular formula is C13H14FN3O3S. The first-order valence-electron chi connectivity index (χ1n) is 6.06. The number of nitrogens with one attached hydrogen (secondary N) is 1. The topological polar surface area (TPSA) is 94.3 Å². The van der Waals surface area contributed by atoms with E-state index in [0.717, 1.165) is 12.3 Å². The summed E-state index contributed by atoms with van der Waals surface area (Å²) in [6, 6.07) is 9.15. The minimum atomic E-state index is -3.63. The number of pyridine rings is 1. The van der Waals surface area contributed by atoms with Gasteiger partial charge in [-0.2, -0.15) is 0 Å². The third-order valence-electron chi connectivity index (χ3n) is 2.52. The molecule has 0 bridgehead atoms. The fourth-order valence-electron chi connectivity index (χ4n) is 1.52. The van der Waals surface area contributed by atoms with Crippen molar-refractivity contribution >= 4 is 21.5 Å². The lowest BCUT2D eigenvalue weighted by atomic mass is 10.3. The number of para-hydroxylation sites is 2. The monoisotopic (exact) mass is 311 g/mol. The zero-order chi connectivity index (χ0) is 15.3. The highest BCUT2D eigenvalue weighted by Crippen LogP contribution is 2.19. The Morgan fingerprint density at radius 3 is 2.67 bits per heavy atom. The largest absolute Gasteiger partial charge is 0.490 e. The number of aromatic nitrogens is 1. The highest BCUT2D eigenvalue weighted by Gasteiger charge is 2.12. The second-order valence-electron chi connectivity index (χ2n) is 4.17. The molecule has 21 heavy (non-hydrogen) atoms. The molecule has 1 aromatic carbocycles. The van der Waals surface area contributed by atoms with Gasteiger partial charge in [0.15, 0.2) is 0 Å². The maximum atomic E-state index is 12.7. The van der Waals surface area contributed by atoms with Crippen molar-refractivity contribution in [1.82, 2.24) is 4.98 Å². The Hall–Kier alpha value is -2.35. The second kappa shape index (κ2) is 6.40. The summed E-state index contributed by atoms with van der Waals surface area (Å²) in [7, 11) is -3.63. The fourth-order valence-corrected chi connectivity index (χ4v) is 2.36. The van der Waals surface area contributed by atoms with E-state index >= 15 is 0 Å². The Labute approximate surface area is 121 Å². The van der Waals surface area contributed by atoms with Crippen LogP contribution in [0.5, 0.6) is 5.75 Å². The Balaban J connectivity index is 1.90. The van der Waals surface area contributed by atoms with Gasteiger partial charge in [-0.05, 0) is 24.3 Å². The van der Waals surface area contributed by atoms with Crippen LogP contribution in [-0.2, 0) is 10.0 Å². The zero-order valence-electron chi connectivity index (χ0n) is 11.0.